The highest BCUT2D eigenvalue weighted by Crippen LogP contribution is 2.18. The van der Waals surface area contributed by atoms with Gasteiger partial charge in [-0.2, -0.15) is 0 Å². The lowest BCUT2D eigenvalue weighted by Crippen LogP contribution is -2.43. The molecule has 0 aromatic heterocycles. The number of nitrogens with zero attached hydrogens (tertiary/aromatic N) is 2. The first-order valence-electron chi connectivity index (χ1n) is 9.25. The van der Waals surface area contributed by atoms with Gasteiger partial charge in [0.2, 0.25) is 5.91 Å². The maximum absolute atomic E-state index is 12.8. The van der Waals surface area contributed by atoms with Gasteiger partial charge in [-0.05, 0) is 43.3 Å². The van der Waals surface area contributed by atoms with E-state index in [0.717, 1.165) is 11.4 Å². The fraction of sp³-hybridized carbons (Fsp3) is 0.333. The Balaban J connectivity index is 1.59. The zero-order valence-electron chi connectivity index (χ0n) is 15.6. The molecule has 0 bridgehead atoms. The molecule has 0 aliphatic carbocycles. The second-order valence-electron chi connectivity index (χ2n) is 6.31. The molecule has 6 heteroatoms. The highest BCUT2D eigenvalue weighted by Gasteiger charge is 2.17. The minimum atomic E-state index is -0.0420. The molecular weight excluding hydrogens is 342 g/mol. The average molecular weight is 367 g/mol. The molecule has 142 valence electrons. The normalized spacial score (nSPS) is 13.9. The van der Waals surface area contributed by atoms with Crippen LogP contribution in [0.15, 0.2) is 54.6 Å². The number of benzene rings is 2. The molecular formula is C21H25N3O3. The largest absolute Gasteiger partial charge is 0.378 e. The third-order valence-corrected chi connectivity index (χ3v) is 4.57. The quantitative estimate of drug-likeness (QED) is 0.853. The van der Waals surface area contributed by atoms with Crippen molar-refractivity contribution in [1.82, 2.24) is 4.90 Å². The van der Waals surface area contributed by atoms with Crippen molar-refractivity contribution in [2.45, 2.75) is 6.92 Å². The van der Waals surface area contributed by atoms with Crippen LogP contribution in [0.5, 0.6) is 0 Å². The van der Waals surface area contributed by atoms with Crippen LogP contribution in [0.4, 0.5) is 11.4 Å². The van der Waals surface area contributed by atoms with E-state index in [1.807, 2.05) is 49.4 Å². The van der Waals surface area contributed by atoms with Crippen molar-refractivity contribution in [2.24, 2.45) is 0 Å². The fourth-order valence-corrected chi connectivity index (χ4v) is 3.04. The predicted molar refractivity (Wildman–Crippen MR) is 106 cm³/mol. The van der Waals surface area contributed by atoms with Crippen LogP contribution in [0, 0.1) is 0 Å². The molecule has 1 heterocycles. The van der Waals surface area contributed by atoms with E-state index >= 15 is 0 Å². The van der Waals surface area contributed by atoms with Crippen molar-refractivity contribution < 1.29 is 14.3 Å². The summed E-state index contributed by atoms with van der Waals surface area (Å²) in [6.07, 6.45) is 0. The highest BCUT2D eigenvalue weighted by molar-refractivity contribution is 6.06. The highest BCUT2D eigenvalue weighted by atomic mass is 16.5. The lowest BCUT2D eigenvalue weighted by atomic mass is 10.1. The van der Waals surface area contributed by atoms with Gasteiger partial charge in [0.05, 0.1) is 19.8 Å². The van der Waals surface area contributed by atoms with E-state index in [4.69, 9.17) is 4.74 Å². The lowest BCUT2D eigenvalue weighted by molar-refractivity contribution is -0.133. The van der Waals surface area contributed by atoms with Gasteiger partial charge >= 0.3 is 0 Å². The summed E-state index contributed by atoms with van der Waals surface area (Å²) in [6, 6.07) is 16.9. The topological polar surface area (TPSA) is 61.9 Å². The molecule has 0 atom stereocenters. The summed E-state index contributed by atoms with van der Waals surface area (Å²) in [5, 5.41) is 3.13. The van der Waals surface area contributed by atoms with Gasteiger partial charge < -0.3 is 19.9 Å². The van der Waals surface area contributed by atoms with E-state index in [1.165, 1.54) is 0 Å². The monoisotopic (exact) mass is 367 g/mol. The third-order valence-electron chi connectivity index (χ3n) is 4.57. The van der Waals surface area contributed by atoms with Crippen LogP contribution < -0.4 is 10.2 Å². The Hall–Kier alpha value is -2.86. The van der Waals surface area contributed by atoms with Crippen molar-refractivity contribution in [3.8, 4) is 0 Å². The smallest absolute Gasteiger partial charge is 0.258 e. The summed E-state index contributed by atoms with van der Waals surface area (Å²) in [7, 11) is 0. The lowest BCUT2D eigenvalue weighted by Gasteiger charge is -2.27. The molecule has 3 rings (SSSR count). The summed E-state index contributed by atoms with van der Waals surface area (Å²) < 4.78 is 5.26. The fourth-order valence-electron chi connectivity index (χ4n) is 3.04. The molecule has 2 amide bonds. The Labute approximate surface area is 159 Å². The van der Waals surface area contributed by atoms with Crippen LogP contribution in [0.3, 0.4) is 0 Å². The van der Waals surface area contributed by atoms with Gasteiger partial charge in [0.25, 0.3) is 5.91 Å². The van der Waals surface area contributed by atoms with Gasteiger partial charge in [-0.15, -0.1) is 0 Å². The summed E-state index contributed by atoms with van der Waals surface area (Å²) in [4.78, 5) is 28.5. The molecule has 2 aromatic carbocycles. The first-order chi connectivity index (χ1) is 13.2. The van der Waals surface area contributed by atoms with Gasteiger partial charge in [0.15, 0.2) is 0 Å². The molecule has 1 aliphatic heterocycles. The van der Waals surface area contributed by atoms with Crippen LogP contribution in [0.25, 0.3) is 0 Å². The maximum atomic E-state index is 12.8. The summed E-state index contributed by atoms with van der Waals surface area (Å²) >= 11 is 0. The summed E-state index contributed by atoms with van der Waals surface area (Å²) in [5.74, 6) is 0.0133. The first-order valence-corrected chi connectivity index (χ1v) is 9.25. The molecule has 1 saturated heterocycles. The number of hydrogen-bond donors (Lipinski definition) is 1. The molecule has 1 N–H and O–H groups in total. The standard InChI is InChI=1S/C21H25N3O3/c1-2-24(19-6-4-3-5-7-19)21(26)17-8-10-18(11-9-17)22-16-20(25)23-12-14-27-15-13-23/h3-11,22H,2,12-16H2,1H3. The van der Waals surface area contributed by atoms with Crippen molar-refractivity contribution in [3.63, 3.8) is 0 Å². The molecule has 0 spiro atoms. The third kappa shape index (κ3) is 4.86. The number of ether oxygens (including phenoxy) is 1. The van der Waals surface area contributed by atoms with Crippen LogP contribution in [-0.2, 0) is 9.53 Å². The van der Waals surface area contributed by atoms with E-state index in [9.17, 15) is 9.59 Å². The van der Waals surface area contributed by atoms with Gasteiger partial charge in [-0.1, -0.05) is 18.2 Å². The zero-order valence-corrected chi connectivity index (χ0v) is 15.6. The second-order valence-corrected chi connectivity index (χ2v) is 6.31. The number of carbonyl (C=O) groups is 2. The van der Waals surface area contributed by atoms with Crippen LogP contribution in [-0.4, -0.2) is 56.1 Å². The molecule has 1 aliphatic rings. The van der Waals surface area contributed by atoms with E-state index in [1.54, 1.807) is 21.9 Å². The number of nitrogens with one attached hydrogen (secondary N) is 1. The number of hydrogen-bond acceptors (Lipinski definition) is 4. The van der Waals surface area contributed by atoms with E-state index in [0.29, 0.717) is 38.4 Å². The minimum absolute atomic E-state index is 0.0420. The molecule has 0 radical (unpaired) electrons. The first kappa shape index (κ1) is 18.9. The zero-order chi connectivity index (χ0) is 19.1. The number of morpholine rings is 1. The summed E-state index contributed by atoms with van der Waals surface area (Å²) in [6.45, 7) is 5.25. The second kappa shape index (κ2) is 9.19. The number of para-hydroxylation sites is 1. The van der Waals surface area contributed by atoms with Crippen molar-refractivity contribution in [1.29, 1.82) is 0 Å². The molecule has 27 heavy (non-hydrogen) atoms. The molecule has 0 unspecified atom stereocenters. The molecule has 0 saturated carbocycles. The van der Waals surface area contributed by atoms with E-state index in [-0.39, 0.29) is 18.4 Å². The number of carbonyl (C=O) groups excluding carboxylic acids is 2. The van der Waals surface area contributed by atoms with Gasteiger partial charge in [-0.3, -0.25) is 9.59 Å². The Bertz CT molecular complexity index is 756. The number of amides is 2. The van der Waals surface area contributed by atoms with Crippen molar-refractivity contribution in [2.75, 3.05) is 49.6 Å². The number of rotatable bonds is 6. The molecule has 2 aromatic rings. The Morgan fingerprint density at radius 3 is 2.33 bits per heavy atom. The minimum Gasteiger partial charge on any atom is -0.378 e. The molecule has 1 fully saturated rings. The summed E-state index contributed by atoms with van der Waals surface area (Å²) in [5.41, 5.74) is 2.31. The molecule has 6 nitrogen and oxygen atoms in total. The van der Waals surface area contributed by atoms with E-state index in [2.05, 4.69) is 5.32 Å². The SMILES string of the molecule is CCN(C(=O)c1ccc(NCC(=O)N2CCOCC2)cc1)c1ccccc1. The number of anilines is 2. The van der Waals surface area contributed by atoms with Crippen LogP contribution >= 0.6 is 0 Å². The predicted octanol–water partition coefficient (Wildman–Crippen LogP) is 2.62. The van der Waals surface area contributed by atoms with Gasteiger partial charge in [-0.25, -0.2) is 0 Å². The van der Waals surface area contributed by atoms with Gasteiger partial charge in [0, 0.05) is 36.6 Å². The maximum Gasteiger partial charge on any atom is 0.258 e. The van der Waals surface area contributed by atoms with Crippen molar-refractivity contribution in [3.05, 3.63) is 60.2 Å². The van der Waals surface area contributed by atoms with Crippen molar-refractivity contribution >= 4 is 23.2 Å². The van der Waals surface area contributed by atoms with Crippen LogP contribution in [0.1, 0.15) is 17.3 Å². The Morgan fingerprint density at radius 2 is 1.70 bits per heavy atom. The Morgan fingerprint density at radius 1 is 1.04 bits per heavy atom. The van der Waals surface area contributed by atoms with E-state index < -0.39 is 0 Å². The Kier molecular flexibility index (Phi) is 6.44. The van der Waals surface area contributed by atoms with Crippen LogP contribution in [0.2, 0.25) is 0 Å². The van der Waals surface area contributed by atoms with Gasteiger partial charge in [0.1, 0.15) is 0 Å². The average Bonchev–Trinajstić information content (AvgIpc) is 2.74.